The number of hydrogen-bond donors (Lipinski definition) is 1. The minimum atomic E-state index is 0. The highest BCUT2D eigenvalue weighted by Crippen LogP contribution is 2.34. The van der Waals surface area contributed by atoms with Crippen molar-refractivity contribution >= 4 is 54.2 Å². The smallest absolute Gasteiger partial charge is 0.258 e. The van der Waals surface area contributed by atoms with E-state index in [9.17, 15) is 4.79 Å². The molecule has 5 nitrogen and oxygen atoms in total. The van der Waals surface area contributed by atoms with E-state index in [4.69, 9.17) is 0 Å². The van der Waals surface area contributed by atoms with E-state index in [1.807, 2.05) is 30.5 Å². The first-order valence-electron chi connectivity index (χ1n) is 11.7. The number of carbonyl (C=O) groups excluding carboxylic acids is 1. The van der Waals surface area contributed by atoms with Crippen LogP contribution in [-0.4, -0.2) is 46.4 Å². The lowest BCUT2D eigenvalue weighted by Gasteiger charge is -2.32. The van der Waals surface area contributed by atoms with Gasteiger partial charge in [0.05, 0.1) is 21.8 Å². The number of hydrogen-bond acceptors (Lipinski definition) is 4. The molecule has 182 valence electrons. The van der Waals surface area contributed by atoms with Gasteiger partial charge >= 0.3 is 0 Å². The first-order chi connectivity index (χ1) is 15.8. The summed E-state index contributed by atoms with van der Waals surface area (Å²) >= 11 is 1.52. The van der Waals surface area contributed by atoms with Crippen LogP contribution in [0.15, 0.2) is 64.7 Å². The van der Waals surface area contributed by atoms with Crippen LogP contribution in [0.3, 0.4) is 0 Å². The van der Waals surface area contributed by atoms with Crippen LogP contribution in [0, 0.1) is 5.92 Å². The molecule has 3 aromatic rings. The summed E-state index contributed by atoms with van der Waals surface area (Å²) in [7, 11) is 0. The van der Waals surface area contributed by atoms with Crippen LogP contribution in [0.5, 0.6) is 0 Å². The average Bonchev–Trinajstić information content (AvgIpc) is 3.25. The van der Waals surface area contributed by atoms with Crippen LogP contribution >= 0.6 is 36.6 Å². The predicted octanol–water partition coefficient (Wildman–Crippen LogP) is 5.48. The van der Waals surface area contributed by atoms with Crippen LogP contribution in [0.4, 0.5) is 0 Å². The molecule has 1 N–H and O–H groups in total. The maximum atomic E-state index is 12.7. The third-order valence-corrected chi connectivity index (χ3v) is 7.62. The summed E-state index contributed by atoms with van der Waals surface area (Å²) < 4.78 is 2.09. The number of amides is 1. The summed E-state index contributed by atoms with van der Waals surface area (Å²) in [6.45, 7) is 4.30. The van der Waals surface area contributed by atoms with Crippen molar-refractivity contribution in [2.45, 2.75) is 37.1 Å². The fourth-order valence-electron chi connectivity index (χ4n) is 4.73. The molecule has 2 aliphatic rings. The lowest BCUT2D eigenvalue weighted by molar-refractivity contribution is -0.116. The molecule has 1 saturated heterocycles. The van der Waals surface area contributed by atoms with Gasteiger partial charge in [-0.25, -0.2) is 4.98 Å². The Balaban J connectivity index is 0.00000162. The summed E-state index contributed by atoms with van der Waals surface area (Å²) in [6.07, 6.45) is 9.70. The average molecular weight is 520 g/mol. The molecule has 0 aliphatic carbocycles. The number of aromatic nitrogens is 2. The number of imidazole rings is 1. The Morgan fingerprint density at radius 3 is 2.65 bits per heavy atom. The molecule has 0 atom stereocenters. The third-order valence-electron chi connectivity index (χ3n) is 6.57. The largest absolute Gasteiger partial charge is 0.352 e. The van der Waals surface area contributed by atoms with Gasteiger partial charge in [0.2, 0.25) is 0 Å². The van der Waals surface area contributed by atoms with Crippen molar-refractivity contribution < 1.29 is 4.79 Å². The van der Waals surface area contributed by atoms with E-state index in [0.717, 1.165) is 40.7 Å². The second kappa shape index (κ2) is 12.6. The number of carbonyl (C=O) groups is 1. The number of halogens is 2. The Morgan fingerprint density at radius 2 is 1.85 bits per heavy atom. The normalized spacial score (nSPS) is 15.8. The van der Waals surface area contributed by atoms with Gasteiger partial charge in [0.15, 0.2) is 0 Å². The van der Waals surface area contributed by atoms with Gasteiger partial charge in [-0.3, -0.25) is 9.20 Å². The van der Waals surface area contributed by atoms with E-state index < -0.39 is 0 Å². The monoisotopic (exact) mass is 518 g/mol. The highest BCUT2D eigenvalue weighted by Gasteiger charge is 2.21. The maximum absolute atomic E-state index is 12.7. The molecule has 1 amide bonds. The topological polar surface area (TPSA) is 49.6 Å². The van der Waals surface area contributed by atoms with Crippen molar-refractivity contribution in [3.63, 3.8) is 0 Å². The van der Waals surface area contributed by atoms with Crippen LogP contribution in [0.1, 0.15) is 36.9 Å². The number of pyridine rings is 1. The van der Waals surface area contributed by atoms with Gasteiger partial charge in [-0.15, -0.1) is 24.8 Å². The van der Waals surface area contributed by atoms with Crippen molar-refractivity contribution in [2.24, 2.45) is 5.92 Å². The minimum Gasteiger partial charge on any atom is -0.352 e. The third kappa shape index (κ3) is 6.36. The zero-order valence-electron chi connectivity index (χ0n) is 19.2. The molecule has 0 spiro atoms. The molecular formula is C26H32Cl2N4OS. The number of piperidine rings is 1. The van der Waals surface area contributed by atoms with E-state index >= 15 is 0 Å². The number of likely N-dealkylation sites (tertiary alicyclic amines) is 1. The minimum absolute atomic E-state index is 0. The summed E-state index contributed by atoms with van der Waals surface area (Å²) in [5.41, 5.74) is 3.33. The zero-order chi connectivity index (χ0) is 21.8. The number of rotatable bonds is 8. The number of nitrogens with one attached hydrogen (secondary N) is 1. The quantitative estimate of drug-likeness (QED) is 0.429. The number of benzene rings is 1. The Labute approximate surface area is 218 Å². The molecule has 34 heavy (non-hydrogen) atoms. The van der Waals surface area contributed by atoms with Crippen molar-refractivity contribution in [3.8, 4) is 0 Å². The zero-order valence-corrected chi connectivity index (χ0v) is 21.6. The molecular weight excluding hydrogens is 487 g/mol. The van der Waals surface area contributed by atoms with Gasteiger partial charge < -0.3 is 10.2 Å². The molecule has 5 rings (SSSR count). The molecule has 0 radical (unpaired) electrons. The number of aryl methyl sites for hydroxylation is 1. The molecule has 0 unspecified atom stereocenters. The molecule has 1 aromatic carbocycles. The van der Waals surface area contributed by atoms with Crippen LogP contribution in [-0.2, 0) is 11.2 Å². The second-order valence-electron chi connectivity index (χ2n) is 8.77. The first-order valence-corrected chi connectivity index (χ1v) is 12.5. The molecule has 2 aliphatic heterocycles. The highest BCUT2D eigenvalue weighted by molar-refractivity contribution is 8.04. The Morgan fingerprint density at radius 1 is 1.06 bits per heavy atom. The van der Waals surface area contributed by atoms with Gasteiger partial charge in [0.1, 0.15) is 5.65 Å². The van der Waals surface area contributed by atoms with E-state index in [2.05, 4.69) is 49.9 Å². The Hall–Kier alpha value is -1.99. The standard InChI is InChI=1S/C26H30N4OS.2ClH/c31-26(23-18-22-19-28-24-9-4-10-25(32-23)30(22)24)27-14-11-21-12-16-29(17-13-21)15-5-8-20-6-2-1-3-7-20;;/h1-4,6-7,9-10,18-19,21H,5,8,11-17H2,(H,27,31);2*1H. The molecule has 2 aromatic heterocycles. The number of nitrogens with zero attached hydrogens (tertiary/aromatic N) is 3. The first kappa shape index (κ1) is 26.6. The van der Waals surface area contributed by atoms with Crippen LogP contribution < -0.4 is 5.32 Å². The SMILES string of the molecule is Cl.Cl.O=C(NCCC1CCN(CCCc2ccccc2)CC1)C1=Cc2cnc3cccc(n23)S1. The van der Waals surface area contributed by atoms with Crippen molar-refractivity contribution in [1.29, 1.82) is 0 Å². The Kier molecular flexibility index (Phi) is 9.89. The van der Waals surface area contributed by atoms with Gasteiger partial charge in [-0.05, 0) is 81.4 Å². The molecule has 0 saturated carbocycles. The van der Waals surface area contributed by atoms with Crippen molar-refractivity contribution in [2.75, 3.05) is 26.2 Å². The van der Waals surface area contributed by atoms with Gasteiger partial charge in [0, 0.05) is 6.54 Å². The summed E-state index contributed by atoms with van der Waals surface area (Å²) in [5, 5.41) is 4.19. The highest BCUT2D eigenvalue weighted by atomic mass is 35.5. The van der Waals surface area contributed by atoms with E-state index in [-0.39, 0.29) is 30.7 Å². The van der Waals surface area contributed by atoms with E-state index in [1.165, 1.54) is 56.2 Å². The number of thioether (sulfide) groups is 1. The van der Waals surface area contributed by atoms with Crippen molar-refractivity contribution in [1.82, 2.24) is 19.6 Å². The molecule has 0 bridgehead atoms. The van der Waals surface area contributed by atoms with Gasteiger partial charge in [-0.2, -0.15) is 0 Å². The summed E-state index contributed by atoms with van der Waals surface area (Å²) in [4.78, 5) is 20.5. The lowest BCUT2D eigenvalue weighted by Crippen LogP contribution is -2.36. The van der Waals surface area contributed by atoms with Crippen LogP contribution in [0.25, 0.3) is 11.7 Å². The Bertz CT molecular complexity index is 1110. The summed E-state index contributed by atoms with van der Waals surface area (Å²) in [6, 6.07) is 16.8. The second-order valence-corrected chi connectivity index (χ2v) is 9.83. The summed E-state index contributed by atoms with van der Waals surface area (Å²) in [5.74, 6) is 0.738. The maximum Gasteiger partial charge on any atom is 0.258 e. The van der Waals surface area contributed by atoms with E-state index in [1.54, 1.807) is 0 Å². The van der Waals surface area contributed by atoms with Gasteiger partial charge in [0.25, 0.3) is 5.91 Å². The fourth-order valence-corrected chi connectivity index (χ4v) is 5.73. The predicted molar refractivity (Wildman–Crippen MR) is 145 cm³/mol. The van der Waals surface area contributed by atoms with Crippen molar-refractivity contribution in [3.05, 3.63) is 70.9 Å². The van der Waals surface area contributed by atoms with E-state index in [0.29, 0.717) is 5.92 Å². The van der Waals surface area contributed by atoms with Gasteiger partial charge in [-0.1, -0.05) is 48.2 Å². The molecule has 8 heteroatoms. The molecule has 4 heterocycles. The fraction of sp³-hybridized carbons (Fsp3) is 0.385. The molecule has 1 fully saturated rings. The van der Waals surface area contributed by atoms with Crippen LogP contribution in [0.2, 0.25) is 0 Å². The lowest BCUT2D eigenvalue weighted by atomic mass is 9.93.